The van der Waals surface area contributed by atoms with E-state index in [2.05, 4.69) is 28.6 Å². The fourth-order valence-corrected chi connectivity index (χ4v) is 6.04. The molecule has 1 N–H and O–H groups in total. The van der Waals surface area contributed by atoms with Crippen molar-refractivity contribution in [3.05, 3.63) is 28.9 Å². The normalized spacial score (nSPS) is 18.9. The van der Waals surface area contributed by atoms with Crippen LogP contribution in [0.15, 0.2) is 18.2 Å². The van der Waals surface area contributed by atoms with E-state index < -0.39 is 0 Å². The minimum Gasteiger partial charge on any atom is -0.490 e. The number of halogens is 1. The Morgan fingerprint density at radius 3 is 2.67 bits per heavy atom. The molecule has 0 saturated carbocycles. The number of amides is 1. The summed E-state index contributed by atoms with van der Waals surface area (Å²) in [7, 11) is 1.72. The lowest BCUT2D eigenvalue weighted by atomic mass is 10.0. The van der Waals surface area contributed by atoms with Crippen molar-refractivity contribution in [1.29, 1.82) is 0 Å². The molecular weight excluding hydrogens is 476 g/mol. The molecular formula is C28H43ClN4O3. The number of ether oxygens (including phenoxy) is 2. The van der Waals surface area contributed by atoms with E-state index in [0.29, 0.717) is 30.5 Å². The Kier molecular flexibility index (Phi) is 9.94. The smallest absolute Gasteiger partial charge is 0.272 e. The lowest BCUT2D eigenvalue weighted by Gasteiger charge is -2.38. The van der Waals surface area contributed by atoms with Gasteiger partial charge in [0.15, 0.2) is 0 Å². The van der Waals surface area contributed by atoms with Gasteiger partial charge >= 0.3 is 0 Å². The Balaban J connectivity index is 1.68. The number of aryl methyl sites for hydroxylation is 1. The maximum absolute atomic E-state index is 14.2. The molecule has 1 aromatic carbocycles. The molecule has 3 heterocycles. The number of carbonyl (C=O) groups is 1. The van der Waals surface area contributed by atoms with Crippen LogP contribution in [-0.4, -0.2) is 85.4 Å². The number of fused-ring (bicyclic) bond motifs is 1. The molecule has 1 amide bonds. The van der Waals surface area contributed by atoms with Crippen molar-refractivity contribution in [1.82, 2.24) is 19.7 Å². The van der Waals surface area contributed by atoms with Gasteiger partial charge in [-0.05, 0) is 78.1 Å². The number of hydrogen-bond acceptors (Lipinski definition) is 5. The SMILES string of the molecule is COCCCCn1c(C(=O)N(C(C)C)[C@@H]2CCCNC2)c(Cl)c2cccc(OCCN3CCCC3)c21. The van der Waals surface area contributed by atoms with E-state index >= 15 is 0 Å². The summed E-state index contributed by atoms with van der Waals surface area (Å²) in [6.45, 7) is 11.2. The van der Waals surface area contributed by atoms with Gasteiger partial charge in [-0.25, -0.2) is 0 Å². The predicted octanol–water partition coefficient (Wildman–Crippen LogP) is 4.80. The van der Waals surface area contributed by atoms with Crippen LogP contribution in [0.3, 0.4) is 0 Å². The molecule has 2 aromatic rings. The van der Waals surface area contributed by atoms with Crippen LogP contribution in [0.4, 0.5) is 0 Å². The standard InChI is InChI=1S/C28H43ClN4O3/c1-21(2)33(22-10-9-13-30-20-22)28(34)27-25(29)23-11-8-12-24(36-19-17-31-14-4-5-15-31)26(23)32(27)16-6-7-18-35-3/h8,11-12,21-22,30H,4-7,9-10,13-20H2,1-3H3/t22-/m1/s1. The number of para-hydroxylation sites is 1. The third-order valence-electron chi connectivity index (χ3n) is 7.48. The highest BCUT2D eigenvalue weighted by molar-refractivity contribution is 6.39. The van der Waals surface area contributed by atoms with E-state index in [0.717, 1.165) is 75.1 Å². The quantitative estimate of drug-likeness (QED) is 0.409. The summed E-state index contributed by atoms with van der Waals surface area (Å²) in [5.41, 5.74) is 1.51. The second-order valence-corrected chi connectivity index (χ2v) is 10.7. The van der Waals surface area contributed by atoms with Crippen LogP contribution < -0.4 is 10.1 Å². The van der Waals surface area contributed by atoms with Gasteiger partial charge in [0.2, 0.25) is 0 Å². The first-order chi connectivity index (χ1) is 17.5. The summed E-state index contributed by atoms with van der Waals surface area (Å²) in [6.07, 6.45) is 6.42. The van der Waals surface area contributed by atoms with Crippen LogP contribution in [0.1, 0.15) is 62.9 Å². The second kappa shape index (κ2) is 13.1. The first kappa shape index (κ1) is 27.2. The largest absolute Gasteiger partial charge is 0.490 e. The number of rotatable bonds is 12. The van der Waals surface area contributed by atoms with Crippen molar-refractivity contribution in [3.8, 4) is 5.75 Å². The van der Waals surface area contributed by atoms with Gasteiger partial charge in [-0.1, -0.05) is 23.7 Å². The number of piperidine rings is 1. The van der Waals surface area contributed by atoms with Crippen LogP contribution in [-0.2, 0) is 11.3 Å². The van der Waals surface area contributed by atoms with Crippen molar-refractivity contribution < 1.29 is 14.3 Å². The molecule has 0 bridgehead atoms. The number of unbranched alkanes of at least 4 members (excludes halogenated alkanes) is 1. The molecule has 1 aromatic heterocycles. The summed E-state index contributed by atoms with van der Waals surface area (Å²) in [5.74, 6) is 0.810. The first-order valence-corrected chi connectivity index (χ1v) is 14.1. The molecule has 0 radical (unpaired) electrons. The number of hydrogen-bond donors (Lipinski definition) is 1. The van der Waals surface area contributed by atoms with Crippen molar-refractivity contribution >= 4 is 28.4 Å². The zero-order chi connectivity index (χ0) is 25.5. The molecule has 2 aliphatic heterocycles. The van der Waals surface area contributed by atoms with Crippen LogP contribution in [0.25, 0.3) is 10.9 Å². The average Bonchev–Trinajstić information content (AvgIpc) is 3.49. The number of methoxy groups -OCH3 is 1. The molecule has 2 fully saturated rings. The monoisotopic (exact) mass is 518 g/mol. The molecule has 2 saturated heterocycles. The Morgan fingerprint density at radius 2 is 1.97 bits per heavy atom. The maximum atomic E-state index is 14.2. The Morgan fingerprint density at radius 1 is 1.17 bits per heavy atom. The zero-order valence-corrected chi connectivity index (χ0v) is 23.0. The second-order valence-electron chi connectivity index (χ2n) is 10.4. The number of nitrogens with zero attached hydrogens (tertiary/aromatic N) is 3. The molecule has 200 valence electrons. The number of aromatic nitrogens is 1. The third-order valence-corrected chi connectivity index (χ3v) is 7.87. The van der Waals surface area contributed by atoms with E-state index in [1.807, 2.05) is 23.1 Å². The lowest BCUT2D eigenvalue weighted by Crippen LogP contribution is -2.52. The summed E-state index contributed by atoms with van der Waals surface area (Å²) in [5, 5.41) is 4.88. The zero-order valence-electron chi connectivity index (χ0n) is 22.2. The Labute approximate surface area is 221 Å². The predicted molar refractivity (Wildman–Crippen MR) is 146 cm³/mol. The highest BCUT2D eigenvalue weighted by Gasteiger charge is 2.33. The van der Waals surface area contributed by atoms with Crippen LogP contribution in [0.5, 0.6) is 5.75 Å². The first-order valence-electron chi connectivity index (χ1n) is 13.7. The number of carbonyl (C=O) groups excluding carboxylic acids is 1. The summed E-state index contributed by atoms with van der Waals surface area (Å²) < 4.78 is 13.7. The van der Waals surface area contributed by atoms with Gasteiger partial charge in [-0.2, -0.15) is 0 Å². The van der Waals surface area contributed by atoms with Gasteiger partial charge in [-0.3, -0.25) is 9.69 Å². The van der Waals surface area contributed by atoms with Crippen molar-refractivity contribution in [2.75, 3.05) is 53.0 Å². The maximum Gasteiger partial charge on any atom is 0.272 e. The van der Waals surface area contributed by atoms with Crippen LogP contribution >= 0.6 is 11.6 Å². The van der Waals surface area contributed by atoms with Crippen molar-refractivity contribution in [2.45, 2.75) is 71.0 Å². The van der Waals surface area contributed by atoms with E-state index in [1.54, 1.807) is 7.11 Å². The fourth-order valence-electron chi connectivity index (χ4n) is 5.71. The molecule has 8 heteroatoms. The van der Waals surface area contributed by atoms with Gasteiger partial charge in [0, 0.05) is 50.8 Å². The van der Waals surface area contributed by atoms with Gasteiger partial charge in [0.1, 0.15) is 18.1 Å². The number of likely N-dealkylation sites (tertiary alicyclic amines) is 1. The highest BCUT2D eigenvalue weighted by Crippen LogP contribution is 2.38. The lowest BCUT2D eigenvalue weighted by molar-refractivity contribution is 0.0562. The van der Waals surface area contributed by atoms with Gasteiger partial charge in [0.25, 0.3) is 5.91 Å². The van der Waals surface area contributed by atoms with Gasteiger partial charge in [-0.15, -0.1) is 0 Å². The molecule has 0 aliphatic carbocycles. The number of benzene rings is 1. The van der Waals surface area contributed by atoms with E-state index in [1.165, 1.54) is 12.8 Å². The van der Waals surface area contributed by atoms with E-state index in [-0.39, 0.29) is 18.0 Å². The molecule has 4 rings (SSSR count). The summed E-state index contributed by atoms with van der Waals surface area (Å²) in [4.78, 5) is 18.7. The summed E-state index contributed by atoms with van der Waals surface area (Å²) >= 11 is 7.02. The third kappa shape index (κ3) is 6.18. The molecule has 0 spiro atoms. The molecule has 0 unspecified atom stereocenters. The molecule has 7 nitrogen and oxygen atoms in total. The van der Waals surface area contributed by atoms with Crippen molar-refractivity contribution in [2.24, 2.45) is 0 Å². The fraction of sp³-hybridized carbons (Fsp3) is 0.679. The highest BCUT2D eigenvalue weighted by atomic mass is 35.5. The topological polar surface area (TPSA) is 59.0 Å². The van der Waals surface area contributed by atoms with Crippen LogP contribution in [0.2, 0.25) is 5.02 Å². The molecule has 36 heavy (non-hydrogen) atoms. The van der Waals surface area contributed by atoms with E-state index in [4.69, 9.17) is 21.1 Å². The minimum atomic E-state index is 0.00894. The molecule has 1 atom stereocenters. The Bertz CT molecular complexity index is 996. The van der Waals surface area contributed by atoms with Crippen LogP contribution in [0, 0.1) is 0 Å². The van der Waals surface area contributed by atoms with Crippen molar-refractivity contribution in [3.63, 3.8) is 0 Å². The number of nitrogens with one attached hydrogen (secondary N) is 1. The Hall–Kier alpha value is -1.80. The van der Waals surface area contributed by atoms with Gasteiger partial charge in [0.05, 0.1) is 10.5 Å². The molecule has 2 aliphatic rings. The average molecular weight is 519 g/mol. The van der Waals surface area contributed by atoms with Gasteiger partial charge < -0.3 is 24.3 Å². The van der Waals surface area contributed by atoms with E-state index in [9.17, 15) is 4.79 Å². The summed E-state index contributed by atoms with van der Waals surface area (Å²) in [6, 6.07) is 6.24. The minimum absolute atomic E-state index is 0.00894.